The summed E-state index contributed by atoms with van der Waals surface area (Å²) in [7, 11) is 0. The van der Waals surface area contributed by atoms with Crippen LogP contribution >= 0.6 is 0 Å². The van der Waals surface area contributed by atoms with Crippen LogP contribution in [0.4, 0.5) is 0 Å². The molecule has 1 rings (SSSR count). The van der Waals surface area contributed by atoms with Crippen molar-refractivity contribution in [1.29, 1.82) is 0 Å². The molecule has 0 aromatic heterocycles. The van der Waals surface area contributed by atoms with Crippen LogP contribution in [0.1, 0.15) is 64.7 Å². The molecule has 1 saturated heterocycles. The van der Waals surface area contributed by atoms with Crippen LogP contribution in [0.5, 0.6) is 0 Å². The molecule has 1 N–H and O–H groups in total. The fourth-order valence-electron chi connectivity index (χ4n) is 3.00. The maximum atomic E-state index is 11.8. The fraction of sp³-hybridized carbons (Fsp3) is 0.444. The number of rotatable bonds is 15. The molecule has 0 bridgehead atoms. The number of likely N-dealkylation sites (tertiary alicyclic amines) is 1. The minimum Gasteiger partial charge on any atom is -0.333 e. The second-order valence-electron chi connectivity index (χ2n) is 7.51. The lowest BCUT2D eigenvalue weighted by Gasteiger charge is -2.14. The lowest BCUT2D eigenvalue weighted by atomic mass is 10.2. The van der Waals surface area contributed by atoms with E-state index in [1.165, 1.54) is 4.90 Å². The van der Waals surface area contributed by atoms with Gasteiger partial charge >= 0.3 is 0 Å². The minimum atomic E-state index is -0.420. The van der Waals surface area contributed by atoms with Crippen LogP contribution in [0.3, 0.4) is 0 Å². The van der Waals surface area contributed by atoms with E-state index in [1.807, 2.05) is 6.08 Å². The average Bonchev–Trinajstić information content (AvgIpc) is 3.17. The third kappa shape index (κ3) is 14.9. The summed E-state index contributed by atoms with van der Waals surface area (Å²) in [6.45, 7) is 2.70. The molecule has 0 aromatic carbocycles. The number of carbonyl (C=O) groups excluding carboxylic acids is 3. The smallest absolute Gasteiger partial charge is 0.246 e. The topological polar surface area (TPSA) is 66.5 Å². The predicted molar refractivity (Wildman–Crippen MR) is 132 cm³/mol. The maximum Gasteiger partial charge on any atom is 0.246 e. The first-order chi connectivity index (χ1) is 15.6. The van der Waals surface area contributed by atoms with Gasteiger partial charge in [0.15, 0.2) is 0 Å². The van der Waals surface area contributed by atoms with Crippen LogP contribution in [0, 0.1) is 0 Å². The average molecular weight is 439 g/mol. The first kappa shape index (κ1) is 27.1. The molecule has 174 valence electrons. The number of allylic oxidation sites excluding steroid dienone is 11. The second kappa shape index (κ2) is 18.8. The summed E-state index contributed by atoms with van der Waals surface area (Å²) in [5.74, 6) is -0.789. The van der Waals surface area contributed by atoms with Gasteiger partial charge in [-0.3, -0.25) is 19.7 Å². The van der Waals surface area contributed by atoms with Gasteiger partial charge in [-0.25, -0.2) is 0 Å². The molecule has 0 aliphatic carbocycles. The molecule has 1 aliphatic rings. The highest BCUT2D eigenvalue weighted by atomic mass is 16.2. The van der Waals surface area contributed by atoms with Gasteiger partial charge in [-0.15, -0.1) is 0 Å². The molecular weight excluding hydrogens is 400 g/mol. The van der Waals surface area contributed by atoms with Gasteiger partial charge in [0.1, 0.15) is 0 Å². The van der Waals surface area contributed by atoms with Gasteiger partial charge in [0.2, 0.25) is 17.7 Å². The normalized spacial score (nSPS) is 15.2. The van der Waals surface area contributed by atoms with Gasteiger partial charge in [-0.1, -0.05) is 79.8 Å². The highest BCUT2D eigenvalue weighted by Gasteiger charge is 2.22. The van der Waals surface area contributed by atoms with Crippen LogP contribution in [0.2, 0.25) is 0 Å². The quantitative estimate of drug-likeness (QED) is 0.351. The molecule has 5 nitrogen and oxygen atoms in total. The highest BCUT2D eigenvalue weighted by molar-refractivity contribution is 5.98. The SMILES string of the molecule is CC/C=C\C/C=C\C/C=C\C/C=C\C/C=C\C/C=C\CC(=O)NC(=O)CN1CCCC1=O. The van der Waals surface area contributed by atoms with Crippen molar-refractivity contribution < 1.29 is 14.4 Å². The summed E-state index contributed by atoms with van der Waals surface area (Å²) in [4.78, 5) is 36.5. The van der Waals surface area contributed by atoms with Gasteiger partial charge in [-0.2, -0.15) is 0 Å². The Morgan fingerprint density at radius 2 is 1.22 bits per heavy atom. The third-order valence-electron chi connectivity index (χ3n) is 4.68. The largest absolute Gasteiger partial charge is 0.333 e. The van der Waals surface area contributed by atoms with Gasteiger partial charge in [0, 0.05) is 19.4 Å². The van der Waals surface area contributed by atoms with Crippen molar-refractivity contribution in [1.82, 2.24) is 10.2 Å². The second-order valence-corrected chi connectivity index (χ2v) is 7.51. The van der Waals surface area contributed by atoms with E-state index in [2.05, 4.69) is 73.0 Å². The molecule has 5 heteroatoms. The minimum absolute atomic E-state index is 0.0236. The van der Waals surface area contributed by atoms with Crippen LogP contribution in [-0.4, -0.2) is 35.7 Å². The number of nitrogens with zero attached hydrogens (tertiary/aromatic N) is 1. The van der Waals surface area contributed by atoms with Crippen LogP contribution in [0.25, 0.3) is 0 Å². The molecule has 1 heterocycles. The van der Waals surface area contributed by atoms with E-state index in [9.17, 15) is 14.4 Å². The zero-order valence-electron chi connectivity index (χ0n) is 19.4. The highest BCUT2D eigenvalue weighted by Crippen LogP contribution is 2.08. The monoisotopic (exact) mass is 438 g/mol. The van der Waals surface area contributed by atoms with Crippen molar-refractivity contribution >= 4 is 17.7 Å². The molecule has 0 atom stereocenters. The molecule has 0 saturated carbocycles. The van der Waals surface area contributed by atoms with Gasteiger partial charge in [0.25, 0.3) is 0 Å². The van der Waals surface area contributed by atoms with Crippen molar-refractivity contribution in [3.8, 4) is 0 Å². The summed E-state index contributed by atoms with van der Waals surface area (Å²) < 4.78 is 0. The Morgan fingerprint density at radius 1 is 0.750 bits per heavy atom. The molecule has 1 aliphatic heterocycles. The number of amides is 3. The van der Waals surface area contributed by atoms with Crippen LogP contribution < -0.4 is 5.32 Å². The van der Waals surface area contributed by atoms with Gasteiger partial charge in [-0.05, 0) is 44.9 Å². The number of hydrogen-bond acceptors (Lipinski definition) is 3. The lowest BCUT2D eigenvalue weighted by Crippen LogP contribution is -2.40. The Morgan fingerprint density at radius 3 is 1.66 bits per heavy atom. The van der Waals surface area contributed by atoms with E-state index in [4.69, 9.17) is 0 Å². The zero-order valence-corrected chi connectivity index (χ0v) is 19.4. The van der Waals surface area contributed by atoms with E-state index >= 15 is 0 Å². The zero-order chi connectivity index (χ0) is 23.3. The number of nitrogens with one attached hydrogen (secondary N) is 1. The fourth-order valence-corrected chi connectivity index (χ4v) is 3.00. The van der Waals surface area contributed by atoms with E-state index in [0.717, 1.165) is 44.9 Å². The summed E-state index contributed by atoms with van der Waals surface area (Å²) in [6, 6.07) is 0. The predicted octanol–water partition coefficient (Wildman–Crippen LogP) is 5.34. The van der Waals surface area contributed by atoms with Crippen molar-refractivity contribution in [3.63, 3.8) is 0 Å². The Labute approximate surface area is 193 Å². The third-order valence-corrected chi connectivity index (χ3v) is 4.68. The molecule has 32 heavy (non-hydrogen) atoms. The Bertz CT molecular complexity index is 742. The van der Waals surface area contributed by atoms with Gasteiger partial charge in [0.05, 0.1) is 6.54 Å². The molecular formula is C27H38N2O3. The summed E-state index contributed by atoms with van der Waals surface area (Å²) in [6.07, 6.45) is 32.3. The van der Waals surface area contributed by atoms with Gasteiger partial charge < -0.3 is 4.90 Å². The van der Waals surface area contributed by atoms with Crippen LogP contribution in [0.15, 0.2) is 72.9 Å². The van der Waals surface area contributed by atoms with E-state index in [0.29, 0.717) is 13.0 Å². The lowest BCUT2D eigenvalue weighted by molar-refractivity contribution is -0.136. The molecule has 1 fully saturated rings. The van der Waals surface area contributed by atoms with Crippen LogP contribution in [-0.2, 0) is 14.4 Å². The standard InChI is InChI=1S/C27H38N2O3/c1-2-3-4-5-6-7-8-9-10-11-12-13-14-15-16-17-18-19-21-25(30)28-26(31)24-29-23-20-22-27(29)32/h3-4,6-7,9-10,12-13,15-16,18-19H,2,5,8,11,14,17,20-24H2,1H3,(H,28,30,31)/b4-3-,7-6-,10-9-,13-12-,16-15-,19-18-. The molecule has 3 amide bonds. The molecule has 0 spiro atoms. The summed E-state index contributed by atoms with van der Waals surface area (Å²) in [5.41, 5.74) is 0. The maximum absolute atomic E-state index is 11.8. The molecule has 0 unspecified atom stereocenters. The number of imide groups is 1. The Balaban J connectivity index is 2.02. The van der Waals surface area contributed by atoms with E-state index in [-0.39, 0.29) is 24.8 Å². The van der Waals surface area contributed by atoms with Crippen molar-refractivity contribution in [2.45, 2.75) is 64.7 Å². The molecule has 0 radical (unpaired) electrons. The summed E-state index contributed by atoms with van der Waals surface area (Å²) >= 11 is 0. The van der Waals surface area contributed by atoms with E-state index < -0.39 is 5.91 Å². The van der Waals surface area contributed by atoms with Crippen molar-refractivity contribution in [2.24, 2.45) is 0 Å². The Hall–Kier alpha value is -2.95. The Kier molecular flexibility index (Phi) is 15.9. The van der Waals surface area contributed by atoms with Crippen molar-refractivity contribution in [3.05, 3.63) is 72.9 Å². The first-order valence-electron chi connectivity index (χ1n) is 11.6. The number of carbonyl (C=O) groups is 3. The molecule has 0 aromatic rings. The first-order valence-corrected chi connectivity index (χ1v) is 11.6. The van der Waals surface area contributed by atoms with Crippen molar-refractivity contribution in [2.75, 3.05) is 13.1 Å². The summed E-state index contributed by atoms with van der Waals surface area (Å²) in [5, 5.41) is 2.32. The number of hydrogen-bond donors (Lipinski definition) is 1. The van der Waals surface area contributed by atoms with E-state index in [1.54, 1.807) is 6.08 Å².